The van der Waals surface area contributed by atoms with Crippen molar-refractivity contribution in [3.8, 4) is 0 Å². The Kier molecular flexibility index (Phi) is 10.1. The zero-order chi connectivity index (χ0) is 23.7. The Morgan fingerprint density at radius 2 is 2.03 bits per heavy atom. The Balaban J connectivity index is 2.35. The number of hydrogen-bond acceptors (Lipinski definition) is 9. The van der Waals surface area contributed by atoms with Crippen molar-refractivity contribution in [3.63, 3.8) is 0 Å². The highest BCUT2D eigenvalue weighted by molar-refractivity contribution is 7.53. The molecular weight excluding hydrogens is 445 g/mol. The summed E-state index contributed by atoms with van der Waals surface area (Å²) < 4.78 is 41.8. The fourth-order valence-corrected chi connectivity index (χ4v) is 5.27. The summed E-state index contributed by atoms with van der Waals surface area (Å²) in [5.41, 5.74) is 8.22. The number of methoxy groups -OCH3 is 1. The minimum Gasteiger partial charge on any atom is -0.382 e. The molecule has 1 N–H and O–H groups in total. The maximum Gasteiger partial charge on any atom is 0.331 e. The van der Waals surface area contributed by atoms with Gasteiger partial charge in [0.25, 0.3) is 5.56 Å². The van der Waals surface area contributed by atoms with Crippen LogP contribution in [0.3, 0.4) is 0 Å². The largest absolute Gasteiger partial charge is 0.382 e. The number of rotatable bonds is 13. The van der Waals surface area contributed by atoms with E-state index in [1.165, 1.54) is 17.9 Å². The number of nitrogens with one attached hydrogen (secondary N) is 1. The van der Waals surface area contributed by atoms with Gasteiger partial charge in [0.05, 0.1) is 44.7 Å². The average molecular weight is 475 g/mol. The Morgan fingerprint density at radius 1 is 1.34 bits per heavy atom. The fourth-order valence-electron chi connectivity index (χ4n) is 3.43. The summed E-state index contributed by atoms with van der Waals surface area (Å²) in [6.45, 7) is 5.78. The summed E-state index contributed by atoms with van der Waals surface area (Å²) in [7, 11) is -2.01. The van der Waals surface area contributed by atoms with E-state index in [1.54, 1.807) is 20.8 Å². The Labute approximate surface area is 185 Å². The molecule has 0 radical (unpaired) electrons. The highest BCUT2D eigenvalue weighted by Crippen LogP contribution is 2.50. The quantitative estimate of drug-likeness (QED) is 0.149. The zero-order valence-electron chi connectivity index (χ0n) is 18.6. The van der Waals surface area contributed by atoms with Crippen LogP contribution in [0.1, 0.15) is 32.1 Å². The van der Waals surface area contributed by atoms with Gasteiger partial charge in [-0.2, -0.15) is 0 Å². The van der Waals surface area contributed by atoms with Crippen LogP contribution in [0, 0.1) is 6.92 Å². The molecule has 1 aliphatic rings. The Hall–Kier alpha value is -1.98. The van der Waals surface area contributed by atoms with Crippen molar-refractivity contribution in [2.24, 2.45) is 5.11 Å². The number of H-pyrrole nitrogens is 1. The van der Waals surface area contributed by atoms with E-state index in [2.05, 4.69) is 15.0 Å². The third-order valence-corrected chi connectivity index (χ3v) is 6.95. The highest BCUT2D eigenvalue weighted by Gasteiger charge is 2.43. The molecule has 2 rings (SSSR count). The maximum absolute atomic E-state index is 13.0. The fraction of sp³-hybridized carbons (Fsp3) is 0.778. The molecule has 4 atom stereocenters. The Morgan fingerprint density at radius 3 is 2.62 bits per heavy atom. The zero-order valence-corrected chi connectivity index (χ0v) is 19.5. The van der Waals surface area contributed by atoms with E-state index in [0.717, 1.165) is 0 Å². The number of aryl methyl sites for hydroxylation is 1. The van der Waals surface area contributed by atoms with Gasteiger partial charge in [-0.05, 0) is 26.3 Å². The van der Waals surface area contributed by atoms with Crippen LogP contribution in [0.5, 0.6) is 0 Å². The predicted molar refractivity (Wildman–Crippen MR) is 115 cm³/mol. The van der Waals surface area contributed by atoms with Gasteiger partial charge < -0.3 is 23.3 Å². The molecule has 0 bridgehead atoms. The summed E-state index contributed by atoms with van der Waals surface area (Å²) in [6.07, 6.45) is -0.837. The van der Waals surface area contributed by atoms with Gasteiger partial charge in [-0.3, -0.25) is 18.9 Å². The molecule has 32 heavy (non-hydrogen) atoms. The number of aromatic nitrogens is 2. The average Bonchev–Trinajstić information content (AvgIpc) is 3.15. The molecule has 1 fully saturated rings. The van der Waals surface area contributed by atoms with E-state index in [4.69, 9.17) is 28.8 Å². The number of aromatic amines is 1. The van der Waals surface area contributed by atoms with Crippen LogP contribution >= 0.6 is 7.60 Å². The minimum atomic E-state index is -3.54. The second-order valence-corrected chi connectivity index (χ2v) is 9.19. The summed E-state index contributed by atoms with van der Waals surface area (Å²) in [5, 5.41) is 3.77. The third-order valence-electron chi connectivity index (χ3n) is 4.83. The lowest BCUT2D eigenvalue weighted by Gasteiger charge is -2.24. The second-order valence-electron chi connectivity index (χ2n) is 7.08. The van der Waals surface area contributed by atoms with E-state index in [-0.39, 0.29) is 32.4 Å². The van der Waals surface area contributed by atoms with Gasteiger partial charge in [0, 0.05) is 30.2 Å². The maximum atomic E-state index is 13.0. The van der Waals surface area contributed by atoms with E-state index < -0.39 is 43.3 Å². The lowest BCUT2D eigenvalue weighted by molar-refractivity contribution is -0.0747. The molecule has 14 heteroatoms. The summed E-state index contributed by atoms with van der Waals surface area (Å²) in [5.74, 6) is 0. The second kappa shape index (κ2) is 12.3. The molecule has 1 aromatic rings. The highest BCUT2D eigenvalue weighted by atomic mass is 31.2. The van der Waals surface area contributed by atoms with Gasteiger partial charge in [-0.1, -0.05) is 5.11 Å². The normalized spacial score (nSPS) is 21.9. The van der Waals surface area contributed by atoms with Crippen molar-refractivity contribution in [1.82, 2.24) is 9.55 Å². The van der Waals surface area contributed by atoms with Gasteiger partial charge in [0.2, 0.25) is 0 Å². The summed E-state index contributed by atoms with van der Waals surface area (Å²) in [6, 6.07) is -0.901. The standard InChI is InChI=1S/C18H30N5O8P/c1-5-29-32(26,30-6-2)11-13(21-22-19)14-9-15(28-8-7-27-4)17(31-14)23-10-12(3)16(24)20-18(23)25/h10,13-15,17H,5-9,11H2,1-4H3,(H,20,24,25)/t13?,14-,15+,17+/m0/s1. The lowest BCUT2D eigenvalue weighted by atomic mass is 10.1. The van der Waals surface area contributed by atoms with Gasteiger partial charge in [-0.15, -0.1) is 0 Å². The van der Waals surface area contributed by atoms with Crippen LogP contribution in [0.15, 0.2) is 20.9 Å². The van der Waals surface area contributed by atoms with Crippen molar-refractivity contribution in [2.75, 3.05) is 39.7 Å². The van der Waals surface area contributed by atoms with E-state index in [9.17, 15) is 14.2 Å². The van der Waals surface area contributed by atoms with Crippen LogP contribution in [-0.4, -0.2) is 67.5 Å². The molecule has 1 aliphatic heterocycles. The molecule has 13 nitrogen and oxygen atoms in total. The van der Waals surface area contributed by atoms with Crippen LogP contribution < -0.4 is 11.2 Å². The van der Waals surface area contributed by atoms with Crippen LogP contribution in [0.2, 0.25) is 0 Å². The molecule has 1 saturated heterocycles. The molecule has 0 aliphatic carbocycles. The van der Waals surface area contributed by atoms with Crippen molar-refractivity contribution in [2.45, 2.75) is 51.7 Å². The molecular formula is C18H30N5O8P. The van der Waals surface area contributed by atoms with E-state index >= 15 is 0 Å². The first-order chi connectivity index (χ1) is 15.3. The smallest absolute Gasteiger partial charge is 0.331 e. The summed E-state index contributed by atoms with van der Waals surface area (Å²) >= 11 is 0. The minimum absolute atomic E-state index is 0.156. The molecule has 1 aromatic heterocycles. The molecule has 0 aromatic carbocycles. The molecule has 0 spiro atoms. The predicted octanol–water partition coefficient (Wildman–Crippen LogP) is 2.11. The third kappa shape index (κ3) is 6.76. The first-order valence-electron chi connectivity index (χ1n) is 10.3. The van der Waals surface area contributed by atoms with Crippen molar-refractivity contribution in [1.29, 1.82) is 0 Å². The van der Waals surface area contributed by atoms with Crippen LogP contribution in [0.25, 0.3) is 10.4 Å². The van der Waals surface area contributed by atoms with Gasteiger partial charge in [-0.25, -0.2) is 4.79 Å². The number of hydrogen-bond donors (Lipinski definition) is 1. The summed E-state index contributed by atoms with van der Waals surface area (Å²) in [4.78, 5) is 29.3. The van der Waals surface area contributed by atoms with Crippen molar-refractivity contribution >= 4 is 7.60 Å². The monoisotopic (exact) mass is 475 g/mol. The van der Waals surface area contributed by atoms with Crippen molar-refractivity contribution in [3.05, 3.63) is 43.0 Å². The van der Waals surface area contributed by atoms with Gasteiger partial charge >= 0.3 is 13.3 Å². The van der Waals surface area contributed by atoms with Crippen LogP contribution in [0.4, 0.5) is 0 Å². The SMILES string of the molecule is CCOP(=O)(CC(N=[N+]=[N-])[C@@H]1C[C@@H](OCCOC)[C@H](n2cc(C)c(=O)[nH]c2=O)O1)OCC. The van der Waals surface area contributed by atoms with E-state index in [0.29, 0.717) is 12.2 Å². The van der Waals surface area contributed by atoms with E-state index in [1.807, 2.05) is 0 Å². The van der Waals surface area contributed by atoms with Crippen LogP contribution in [-0.2, 0) is 27.8 Å². The molecule has 1 unspecified atom stereocenters. The number of azide groups is 1. The molecule has 0 saturated carbocycles. The first kappa shape index (κ1) is 26.3. The first-order valence-corrected chi connectivity index (χ1v) is 12.0. The number of nitrogens with zero attached hydrogens (tertiary/aromatic N) is 4. The number of ether oxygens (including phenoxy) is 3. The van der Waals surface area contributed by atoms with Gasteiger partial charge in [0.15, 0.2) is 6.23 Å². The van der Waals surface area contributed by atoms with Crippen molar-refractivity contribution < 1.29 is 27.8 Å². The molecule has 180 valence electrons. The molecule has 2 heterocycles. The topological polar surface area (TPSA) is 167 Å². The van der Waals surface area contributed by atoms with Gasteiger partial charge in [0.1, 0.15) is 6.10 Å². The molecule has 0 amide bonds. The Bertz CT molecular complexity index is 949. The lowest BCUT2D eigenvalue weighted by Crippen LogP contribution is -2.37.